The maximum absolute atomic E-state index is 12.9. The lowest BCUT2D eigenvalue weighted by Gasteiger charge is -2.18. The maximum atomic E-state index is 12.9. The van der Waals surface area contributed by atoms with Crippen molar-refractivity contribution in [2.24, 2.45) is 5.92 Å². The fourth-order valence-electron chi connectivity index (χ4n) is 2.59. The summed E-state index contributed by atoms with van der Waals surface area (Å²) in [5.74, 6) is 0.584. The van der Waals surface area contributed by atoms with E-state index in [0.29, 0.717) is 28.5 Å². The summed E-state index contributed by atoms with van der Waals surface area (Å²) >= 11 is 1.32. The van der Waals surface area contributed by atoms with E-state index in [1.807, 2.05) is 39.2 Å². The zero-order valence-electron chi connectivity index (χ0n) is 16.9. The first kappa shape index (κ1) is 21.4. The average Bonchev–Trinajstić information content (AvgIpc) is 2.61. The summed E-state index contributed by atoms with van der Waals surface area (Å²) in [6.45, 7) is 7.62. The van der Waals surface area contributed by atoms with Gasteiger partial charge in [-0.15, -0.1) is 0 Å². The van der Waals surface area contributed by atoms with Crippen molar-refractivity contribution in [3.8, 4) is 0 Å². The van der Waals surface area contributed by atoms with Crippen LogP contribution < -0.4 is 10.9 Å². The molecule has 2 aromatic rings. The van der Waals surface area contributed by atoms with Crippen molar-refractivity contribution in [3.05, 3.63) is 34.6 Å². The number of aromatic nitrogens is 2. The number of rotatable bonds is 9. The quantitative estimate of drug-likeness (QED) is 0.527. The predicted octanol–water partition coefficient (Wildman–Crippen LogP) is 2.60. The molecule has 1 N–H and O–H groups in total. The number of carbonyl (C=O) groups is 1. The second-order valence-corrected chi connectivity index (χ2v) is 8.36. The van der Waals surface area contributed by atoms with Crippen molar-refractivity contribution in [3.63, 3.8) is 0 Å². The van der Waals surface area contributed by atoms with Crippen LogP contribution in [-0.4, -0.2) is 52.8 Å². The molecule has 0 aliphatic heterocycles. The van der Waals surface area contributed by atoms with Gasteiger partial charge in [-0.05, 0) is 52.0 Å². The van der Waals surface area contributed by atoms with Crippen molar-refractivity contribution in [1.29, 1.82) is 0 Å². The molecule has 1 aromatic carbocycles. The number of benzene rings is 1. The number of hydrogen-bond donors (Lipinski definition) is 1. The summed E-state index contributed by atoms with van der Waals surface area (Å²) in [6, 6.07) is 7.48. The minimum Gasteiger partial charge on any atom is -0.353 e. The highest BCUT2D eigenvalue weighted by Gasteiger charge is 2.15. The molecule has 1 atom stereocenters. The predicted molar refractivity (Wildman–Crippen MR) is 112 cm³/mol. The third-order valence-corrected chi connectivity index (χ3v) is 5.51. The van der Waals surface area contributed by atoms with Gasteiger partial charge >= 0.3 is 0 Å². The van der Waals surface area contributed by atoms with Crippen LogP contribution in [0.15, 0.2) is 34.2 Å². The number of fused-ring (bicyclic) bond motifs is 1. The second-order valence-electron chi connectivity index (χ2n) is 7.41. The van der Waals surface area contributed by atoms with Gasteiger partial charge in [-0.2, -0.15) is 0 Å². The van der Waals surface area contributed by atoms with Crippen LogP contribution in [0.4, 0.5) is 0 Å². The van der Waals surface area contributed by atoms with Gasteiger partial charge in [-0.1, -0.05) is 37.7 Å². The van der Waals surface area contributed by atoms with E-state index in [-0.39, 0.29) is 23.3 Å². The van der Waals surface area contributed by atoms with E-state index in [1.165, 1.54) is 11.8 Å². The largest absolute Gasteiger partial charge is 0.353 e. The molecule has 148 valence electrons. The molecule has 0 aliphatic carbocycles. The van der Waals surface area contributed by atoms with Gasteiger partial charge in [0.25, 0.3) is 5.56 Å². The lowest BCUT2D eigenvalue weighted by Crippen LogP contribution is -2.37. The van der Waals surface area contributed by atoms with Gasteiger partial charge in [0, 0.05) is 12.6 Å². The molecular weight excluding hydrogens is 360 g/mol. The third kappa shape index (κ3) is 6.07. The Kier molecular flexibility index (Phi) is 7.86. The van der Waals surface area contributed by atoms with E-state index in [0.717, 1.165) is 13.0 Å². The van der Waals surface area contributed by atoms with Gasteiger partial charge in [0.15, 0.2) is 5.16 Å². The normalized spacial score (nSPS) is 12.7. The van der Waals surface area contributed by atoms with Crippen molar-refractivity contribution in [2.45, 2.75) is 44.9 Å². The number of amides is 1. The number of carbonyl (C=O) groups excluding carboxylic acids is 1. The first-order valence-corrected chi connectivity index (χ1v) is 10.3. The topological polar surface area (TPSA) is 67.2 Å². The van der Waals surface area contributed by atoms with Gasteiger partial charge in [0.05, 0.1) is 16.7 Å². The molecule has 0 saturated heterocycles. The van der Waals surface area contributed by atoms with Crippen LogP contribution in [0, 0.1) is 5.92 Å². The molecule has 1 aromatic heterocycles. The van der Waals surface area contributed by atoms with Gasteiger partial charge in [0.1, 0.15) is 0 Å². The second kappa shape index (κ2) is 9.90. The lowest BCUT2D eigenvalue weighted by atomic mass is 10.1. The fraction of sp³-hybridized carbons (Fsp3) is 0.550. The molecule has 7 heteroatoms. The van der Waals surface area contributed by atoms with Crippen LogP contribution in [0.1, 0.15) is 27.2 Å². The molecule has 6 nitrogen and oxygen atoms in total. The monoisotopic (exact) mass is 390 g/mol. The molecule has 0 aliphatic rings. The highest BCUT2D eigenvalue weighted by atomic mass is 32.2. The summed E-state index contributed by atoms with van der Waals surface area (Å²) in [5.41, 5.74) is 0.627. The van der Waals surface area contributed by atoms with E-state index in [9.17, 15) is 9.59 Å². The standard InChI is InChI=1S/C20H30N4O2S/c1-14(2)15(3)21-18(25)13-27-20-22-17-10-7-6-9-16(17)19(26)24(20)12-8-11-23(4)5/h6-7,9-10,14-15H,8,11-13H2,1-5H3,(H,21,25)/t15-/m1/s1. The number of nitrogens with zero attached hydrogens (tertiary/aromatic N) is 3. The highest BCUT2D eigenvalue weighted by molar-refractivity contribution is 7.99. The Morgan fingerprint density at radius 3 is 2.63 bits per heavy atom. The number of hydrogen-bond acceptors (Lipinski definition) is 5. The van der Waals surface area contributed by atoms with Crippen LogP contribution in [0.2, 0.25) is 0 Å². The van der Waals surface area contributed by atoms with Crippen LogP contribution in [0.3, 0.4) is 0 Å². The van der Waals surface area contributed by atoms with Crippen LogP contribution in [0.25, 0.3) is 10.9 Å². The smallest absolute Gasteiger partial charge is 0.262 e. The Morgan fingerprint density at radius 2 is 1.96 bits per heavy atom. The highest BCUT2D eigenvalue weighted by Crippen LogP contribution is 2.18. The minimum absolute atomic E-state index is 0.0385. The molecule has 2 rings (SSSR count). The molecule has 1 heterocycles. The first-order valence-electron chi connectivity index (χ1n) is 9.36. The molecule has 0 radical (unpaired) electrons. The molecule has 0 fully saturated rings. The molecule has 0 unspecified atom stereocenters. The molecule has 27 heavy (non-hydrogen) atoms. The molecule has 0 spiro atoms. The van der Waals surface area contributed by atoms with Gasteiger partial charge in [-0.25, -0.2) is 4.98 Å². The first-order chi connectivity index (χ1) is 12.8. The number of para-hydroxylation sites is 1. The zero-order chi connectivity index (χ0) is 20.0. The molecular formula is C20H30N4O2S. The Morgan fingerprint density at radius 1 is 1.26 bits per heavy atom. The number of nitrogens with one attached hydrogen (secondary N) is 1. The molecule has 0 saturated carbocycles. The van der Waals surface area contributed by atoms with E-state index in [2.05, 4.69) is 29.0 Å². The van der Waals surface area contributed by atoms with Gasteiger partial charge in [0.2, 0.25) is 5.91 Å². The van der Waals surface area contributed by atoms with Crippen molar-refractivity contribution in [1.82, 2.24) is 19.8 Å². The van der Waals surface area contributed by atoms with Crippen LogP contribution in [0.5, 0.6) is 0 Å². The summed E-state index contributed by atoms with van der Waals surface area (Å²) in [6.07, 6.45) is 0.844. The van der Waals surface area contributed by atoms with E-state index < -0.39 is 0 Å². The maximum Gasteiger partial charge on any atom is 0.262 e. The Labute approximate surface area is 165 Å². The molecule has 0 bridgehead atoms. The number of thioether (sulfide) groups is 1. The van der Waals surface area contributed by atoms with Gasteiger partial charge in [-0.3, -0.25) is 14.2 Å². The Balaban J connectivity index is 2.22. The summed E-state index contributed by atoms with van der Waals surface area (Å²) in [5, 5.41) is 4.21. The lowest BCUT2D eigenvalue weighted by molar-refractivity contribution is -0.119. The average molecular weight is 391 g/mol. The minimum atomic E-state index is -0.0437. The van der Waals surface area contributed by atoms with Crippen molar-refractivity contribution < 1.29 is 4.79 Å². The van der Waals surface area contributed by atoms with E-state index >= 15 is 0 Å². The van der Waals surface area contributed by atoms with E-state index in [1.54, 1.807) is 10.6 Å². The third-order valence-electron chi connectivity index (χ3n) is 4.53. The van der Waals surface area contributed by atoms with Crippen LogP contribution in [-0.2, 0) is 11.3 Å². The summed E-state index contributed by atoms with van der Waals surface area (Å²) in [4.78, 5) is 31.9. The zero-order valence-corrected chi connectivity index (χ0v) is 17.7. The Bertz CT molecular complexity index is 832. The fourth-order valence-corrected chi connectivity index (χ4v) is 3.43. The summed E-state index contributed by atoms with van der Waals surface area (Å²) in [7, 11) is 4.02. The molecule has 1 amide bonds. The van der Waals surface area contributed by atoms with Crippen LogP contribution >= 0.6 is 11.8 Å². The van der Waals surface area contributed by atoms with E-state index in [4.69, 9.17) is 0 Å². The summed E-state index contributed by atoms with van der Waals surface area (Å²) < 4.78 is 1.70. The van der Waals surface area contributed by atoms with Crippen molar-refractivity contribution in [2.75, 3.05) is 26.4 Å². The SMILES string of the molecule is CC(C)[C@@H](C)NC(=O)CSc1nc2ccccc2c(=O)n1CCCN(C)C. The Hall–Kier alpha value is -1.86. The van der Waals surface area contributed by atoms with Gasteiger partial charge < -0.3 is 10.2 Å². The van der Waals surface area contributed by atoms with Crippen molar-refractivity contribution >= 4 is 28.6 Å².